The minimum absolute atomic E-state index is 0.236. The van der Waals surface area contributed by atoms with Crippen molar-refractivity contribution in [2.24, 2.45) is 0 Å². The molecule has 0 aliphatic rings. The van der Waals surface area contributed by atoms with Crippen LogP contribution in [0.25, 0.3) is 5.65 Å². The van der Waals surface area contributed by atoms with Gasteiger partial charge in [-0.2, -0.15) is 0 Å². The number of nitrogens with zero attached hydrogens (tertiary/aromatic N) is 2. The van der Waals surface area contributed by atoms with E-state index in [4.69, 9.17) is 0 Å². The summed E-state index contributed by atoms with van der Waals surface area (Å²) in [5, 5.41) is 0. The molecule has 2 aromatic heterocycles. The highest BCUT2D eigenvalue weighted by Gasteiger charge is 2.17. The van der Waals surface area contributed by atoms with Crippen LogP contribution >= 0.6 is 0 Å². The van der Waals surface area contributed by atoms with Crippen LogP contribution in [0.15, 0.2) is 47.5 Å². The molecule has 22 heavy (non-hydrogen) atoms. The monoisotopic (exact) mass is 315 g/mol. The molecule has 0 radical (unpaired) electrons. The molecule has 0 spiro atoms. The SMILES string of the molecule is Cc1ccc(S(=O)(=O)Nc2cccn3c(C)c(C)nc23)cc1. The van der Waals surface area contributed by atoms with Crippen molar-refractivity contribution in [3.8, 4) is 0 Å². The van der Waals surface area contributed by atoms with Crippen molar-refractivity contribution in [2.45, 2.75) is 25.7 Å². The Morgan fingerprint density at radius 1 is 1.05 bits per heavy atom. The standard InChI is InChI=1S/C16H17N3O2S/c1-11-6-8-14(9-7-11)22(20,21)18-15-5-4-10-19-13(3)12(2)17-16(15)19/h4-10,18H,1-3H3. The Balaban J connectivity index is 2.06. The number of fused-ring (bicyclic) bond motifs is 1. The van der Waals surface area contributed by atoms with E-state index in [1.54, 1.807) is 36.4 Å². The topological polar surface area (TPSA) is 63.5 Å². The number of sulfonamides is 1. The van der Waals surface area contributed by atoms with Crippen LogP contribution in [0.3, 0.4) is 0 Å². The largest absolute Gasteiger partial charge is 0.302 e. The average Bonchev–Trinajstić information content (AvgIpc) is 2.76. The second kappa shape index (κ2) is 5.14. The predicted octanol–water partition coefficient (Wildman–Crippen LogP) is 3.06. The molecule has 0 atom stereocenters. The Morgan fingerprint density at radius 2 is 1.73 bits per heavy atom. The minimum atomic E-state index is -3.63. The Kier molecular flexibility index (Phi) is 3.41. The number of hydrogen-bond donors (Lipinski definition) is 1. The van der Waals surface area contributed by atoms with Gasteiger partial charge in [0, 0.05) is 11.9 Å². The zero-order valence-electron chi connectivity index (χ0n) is 12.7. The number of nitrogens with one attached hydrogen (secondary N) is 1. The lowest BCUT2D eigenvalue weighted by atomic mass is 10.2. The molecular weight excluding hydrogens is 298 g/mol. The maximum atomic E-state index is 12.5. The van der Waals surface area contributed by atoms with Gasteiger partial charge in [-0.05, 0) is 45.0 Å². The van der Waals surface area contributed by atoms with Gasteiger partial charge in [-0.25, -0.2) is 13.4 Å². The molecule has 0 aliphatic heterocycles. The average molecular weight is 315 g/mol. The molecule has 0 saturated carbocycles. The number of hydrogen-bond acceptors (Lipinski definition) is 3. The van der Waals surface area contributed by atoms with Crippen LogP contribution in [0, 0.1) is 20.8 Å². The third kappa shape index (κ3) is 2.46. The number of aryl methyl sites for hydroxylation is 3. The van der Waals surface area contributed by atoms with Gasteiger partial charge in [0.2, 0.25) is 0 Å². The Morgan fingerprint density at radius 3 is 2.41 bits per heavy atom. The Bertz CT molecular complexity index is 941. The van der Waals surface area contributed by atoms with E-state index < -0.39 is 10.0 Å². The molecule has 1 aromatic carbocycles. The zero-order chi connectivity index (χ0) is 15.9. The van der Waals surface area contributed by atoms with Gasteiger partial charge in [-0.1, -0.05) is 17.7 Å². The molecule has 0 amide bonds. The van der Waals surface area contributed by atoms with Crippen LogP contribution in [0.5, 0.6) is 0 Å². The first-order valence-corrected chi connectivity index (χ1v) is 8.40. The van der Waals surface area contributed by atoms with Crippen molar-refractivity contribution in [3.63, 3.8) is 0 Å². The van der Waals surface area contributed by atoms with E-state index in [0.717, 1.165) is 17.0 Å². The molecule has 0 bridgehead atoms. The lowest BCUT2D eigenvalue weighted by Crippen LogP contribution is -2.13. The first-order chi connectivity index (χ1) is 10.4. The normalized spacial score (nSPS) is 11.8. The number of imidazole rings is 1. The summed E-state index contributed by atoms with van der Waals surface area (Å²) in [4.78, 5) is 4.68. The molecule has 0 aliphatic carbocycles. The number of aromatic nitrogens is 2. The van der Waals surface area contributed by atoms with Crippen molar-refractivity contribution >= 4 is 21.4 Å². The quantitative estimate of drug-likeness (QED) is 0.808. The zero-order valence-corrected chi connectivity index (χ0v) is 13.5. The molecule has 3 aromatic rings. The molecule has 6 heteroatoms. The fraction of sp³-hybridized carbons (Fsp3) is 0.188. The second-order valence-corrected chi connectivity index (χ2v) is 7.00. The van der Waals surface area contributed by atoms with Crippen molar-refractivity contribution in [3.05, 3.63) is 59.5 Å². The second-order valence-electron chi connectivity index (χ2n) is 5.32. The molecule has 2 heterocycles. The molecule has 0 saturated heterocycles. The van der Waals surface area contributed by atoms with E-state index in [2.05, 4.69) is 9.71 Å². The van der Waals surface area contributed by atoms with Crippen LogP contribution in [0.2, 0.25) is 0 Å². The summed E-state index contributed by atoms with van der Waals surface area (Å²) in [5.74, 6) is 0. The first-order valence-electron chi connectivity index (χ1n) is 6.92. The first kappa shape index (κ1) is 14.6. The summed E-state index contributed by atoms with van der Waals surface area (Å²) < 4.78 is 29.5. The van der Waals surface area contributed by atoms with E-state index in [1.807, 2.05) is 31.4 Å². The van der Waals surface area contributed by atoms with Crippen molar-refractivity contribution < 1.29 is 8.42 Å². The van der Waals surface area contributed by atoms with E-state index in [9.17, 15) is 8.42 Å². The van der Waals surface area contributed by atoms with Gasteiger partial charge < -0.3 is 4.40 Å². The number of pyridine rings is 1. The van der Waals surface area contributed by atoms with Gasteiger partial charge in [0.05, 0.1) is 16.3 Å². The van der Waals surface area contributed by atoms with Crippen LogP contribution in [-0.2, 0) is 10.0 Å². The molecule has 1 N–H and O–H groups in total. The van der Waals surface area contributed by atoms with Crippen LogP contribution in [0.1, 0.15) is 17.0 Å². The van der Waals surface area contributed by atoms with Crippen LogP contribution in [-0.4, -0.2) is 17.8 Å². The van der Waals surface area contributed by atoms with Gasteiger partial charge in [0.15, 0.2) is 5.65 Å². The number of benzene rings is 1. The highest BCUT2D eigenvalue weighted by Crippen LogP contribution is 2.22. The highest BCUT2D eigenvalue weighted by molar-refractivity contribution is 7.92. The summed E-state index contributed by atoms with van der Waals surface area (Å²) in [6.45, 7) is 5.77. The van der Waals surface area contributed by atoms with Crippen molar-refractivity contribution in [1.29, 1.82) is 0 Å². The number of rotatable bonds is 3. The molecule has 5 nitrogen and oxygen atoms in total. The van der Waals surface area contributed by atoms with E-state index in [0.29, 0.717) is 11.3 Å². The van der Waals surface area contributed by atoms with Gasteiger partial charge in [0.25, 0.3) is 10.0 Å². The fourth-order valence-electron chi connectivity index (χ4n) is 2.30. The Labute approximate surface area is 129 Å². The minimum Gasteiger partial charge on any atom is -0.302 e. The highest BCUT2D eigenvalue weighted by atomic mass is 32.2. The molecule has 3 rings (SSSR count). The van der Waals surface area contributed by atoms with Crippen LogP contribution in [0.4, 0.5) is 5.69 Å². The third-order valence-electron chi connectivity index (χ3n) is 3.70. The van der Waals surface area contributed by atoms with Crippen LogP contribution < -0.4 is 4.72 Å². The van der Waals surface area contributed by atoms with Crippen molar-refractivity contribution in [1.82, 2.24) is 9.38 Å². The number of anilines is 1. The summed E-state index contributed by atoms with van der Waals surface area (Å²) in [7, 11) is -3.63. The molecular formula is C16H17N3O2S. The summed E-state index contributed by atoms with van der Waals surface area (Å²) >= 11 is 0. The van der Waals surface area contributed by atoms with E-state index in [-0.39, 0.29) is 4.90 Å². The summed E-state index contributed by atoms with van der Waals surface area (Å²) in [6.07, 6.45) is 1.87. The van der Waals surface area contributed by atoms with Crippen molar-refractivity contribution in [2.75, 3.05) is 4.72 Å². The third-order valence-corrected chi connectivity index (χ3v) is 5.08. The Hall–Kier alpha value is -2.34. The summed E-state index contributed by atoms with van der Waals surface area (Å²) in [5.41, 5.74) is 3.96. The molecule has 0 unspecified atom stereocenters. The predicted molar refractivity (Wildman–Crippen MR) is 86.7 cm³/mol. The summed E-state index contributed by atoms with van der Waals surface area (Å²) in [6, 6.07) is 10.3. The van der Waals surface area contributed by atoms with E-state index in [1.165, 1.54) is 0 Å². The van der Waals surface area contributed by atoms with Gasteiger partial charge >= 0.3 is 0 Å². The van der Waals surface area contributed by atoms with Gasteiger partial charge in [-0.15, -0.1) is 0 Å². The fourth-order valence-corrected chi connectivity index (χ4v) is 3.36. The maximum absolute atomic E-state index is 12.5. The van der Waals surface area contributed by atoms with Gasteiger partial charge in [0.1, 0.15) is 0 Å². The smallest absolute Gasteiger partial charge is 0.262 e. The molecule has 114 valence electrons. The lowest BCUT2D eigenvalue weighted by Gasteiger charge is -2.09. The van der Waals surface area contributed by atoms with Gasteiger partial charge in [-0.3, -0.25) is 4.72 Å². The van der Waals surface area contributed by atoms with E-state index >= 15 is 0 Å². The molecule has 0 fully saturated rings. The maximum Gasteiger partial charge on any atom is 0.262 e. The lowest BCUT2D eigenvalue weighted by molar-refractivity contribution is 0.601.